The van der Waals surface area contributed by atoms with Crippen LogP contribution in [0.1, 0.15) is 37.2 Å². The van der Waals surface area contributed by atoms with Crippen LogP contribution in [0.15, 0.2) is 18.2 Å². The Morgan fingerprint density at radius 3 is 2.29 bits per heavy atom. The average molecular weight is 255 g/mol. The van der Waals surface area contributed by atoms with Gasteiger partial charge in [0.15, 0.2) is 0 Å². The van der Waals surface area contributed by atoms with Gasteiger partial charge in [-0.25, -0.2) is 0 Å². The van der Waals surface area contributed by atoms with Crippen molar-refractivity contribution in [3.05, 3.63) is 23.8 Å². The number of rotatable bonds is 3. The van der Waals surface area contributed by atoms with Crippen molar-refractivity contribution in [2.24, 2.45) is 0 Å². The van der Waals surface area contributed by atoms with Gasteiger partial charge in [0, 0.05) is 10.9 Å². The molecule has 2 unspecified atom stereocenters. The summed E-state index contributed by atoms with van der Waals surface area (Å²) in [7, 11) is 3.42. The second-order valence-electron chi connectivity index (χ2n) is 4.54. The van der Waals surface area contributed by atoms with Gasteiger partial charge >= 0.3 is 0 Å². The monoisotopic (exact) mass is 254 g/mol. The Morgan fingerprint density at radius 2 is 1.76 bits per heavy atom. The van der Waals surface area contributed by atoms with Gasteiger partial charge in [-0.2, -0.15) is 0 Å². The van der Waals surface area contributed by atoms with E-state index in [1.807, 2.05) is 18.2 Å². The first-order chi connectivity index (χ1) is 8.26. The molecule has 0 amide bonds. The average Bonchev–Trinajstić information content (AvgIpc) is 2.37. The lowest BCUT2D eigenvalue weighted by Gasteiger charge is -2.28. The predicted octanol–water partition coefficient (Wildman–Crippen LogP) is 3.97. The van der Waals surface area contributed by atoms with Crippen molar-refractivity contribution < 1.29 is 9.47 Å². The summed E-state index contributed by atoms with van der Waals surface area (Å²) in [4.78, 5) is 0. The zero-order chi connectivity index (χ0) is 12.3. The van der Waals surface area contributed by atoms with Gasteiger partial charge in [0.25, 0.3) is 0 Å². The summed E-state index contributed by atoms with van der Waals surface area (Å²) in [5.74, 6) is 2.29. The second-order valence-corrected chi connectivity index (χ2v) is 5.15. The van der Waals surface area contributed by atoms with E-state index < -0.39 is 0 Å². The molecule has 1 aliphatic carbocycles. The quantitative estimate of drug-likeness (QED) is 0.760. The highest BCUT2D eigenvalue weighted by molar-refractivity contribution is 6.20. The van der Waals surface area contributed by atoms with Crippen LogP contribution in [0.4, 0.5) is 0 Å². The fraction of sp³-hybridized carbons (Fsp3) is 0.571. The lowest BCUT2D eigenvalue weighted by atomic mass is 9.83. The number of benzene rings is 1. The number of hydrogen-bond donors (Lipinski definition) is 0. The Kier molecular flexibility index (Phi) is 4.16. The van der Waals surface area contributed by atoms with Crippen molar-refractivity contribution >= 4 is 11.6 Å². The zero-order valence-corrected chi connectivity index (χ0v) is 11.2. The molecular weight excluding hydrogens is 236 g/mol. The molecule has 1 aromatic rings. The standard InChI is InChI=1S/C14H19ClO2/c1-16-12-7-4-8-13(17-2)14(12)10-5-3-6-11(15)9-10/h4,7-8,10-11H,3,5-6,9H2,1-2H3. The highest BCUT2D eigenvalue weighted by atomic mass is 35.5. The molecule has 1 aliphatic rings. The number of methoxy groups -OCH3 is 2. The molecule has 0 heterocycles. The molecule has 2 atom stereocenters. The Labute approximate surface area is 108 Å². The van der Waals surface area contributed by atoms with Gasteiger partial charge < -0.3 is 9.47 Å². The molecule has 0 radical (unpaired) electrons. The first-order valence-electron chi connectivity index (χ1n) is 6.11. The van der Waals surface area contributed by atoms with Crippen LogP contribution in [-0.4, -0.2) is 19.6 Å². The van der Waals surface area contributed by atoms with E-state index in [0.29, 0.717) is 5.92 Å². The van der Waals surface area contributed by atoms with Crippen LogP contribution in [-0.2, 0) is 0 Å². The Balaban J connectivity index is 2.34. The summed E-state index contributed by atoms with van der Waals surface area (Å²) >= 11 is 6.27. The molecule has 0 aliphatic heterocycles. The summed E-state index contributed by atoms with van der Waals surface area (Å²) in [6, 6.07) is 5.95. The minimum absolute atomic E-state index is 0.281. The molecule has 1 saturated carbocycles. The molecule has 2 rings (SSSR count). The van der Waals surface area contributed by atoms with Crippen molar-refractivity contribution in [1.29, 1.82) is 0 Å². The third-order valence-corrected chi connectivity index (χ3v) is 3.88. The van der Waals surface area contributed by atoms with Crippen molar-refractivity contribution in [3.63, 3.8) is 0 Å². The SMILES string of the molecule is COc1cccc(OC)c1C1CCCC(Cl)C1. The third kappa shape index (κ3) is 2.68. The third-order valence-electron chi connectivity index (χ3n) is 3.48. The fourth-order valence-corrected chi connectivity index (χ4v) is 3.04. The lowest BCUT2D eigenvalue weighted by Crippen LogP contribution is -2.15. The van der Waals surface area contributed by atoms with Gasteiger partial charge in [0.1, 0.15) is 11.5 Å². The van der Waals surface area contributed by atoms with Crippen LogP contribution in [0.25, 0.3) is 0 Å². The molecule has 0 bridgehead atoms. The minimum atomic E-state index is 0.281. The Morgan fingerprint density at radius 1 is 1.12 bits per heavy atom. The van der Waals surface area contributed by atoms with Gasteiger partial charge in [-0.15, -0.1) is 11.6 Å². The maximum Gasteiger partial charge on any atom is 0.126 e. The van der Waals surface area contributed by atoms with Gasteiger partial charge in [-0.05, 0) is 37.3 Å². The molecular formula is C14H19ClO2. The summed E-state index contributed by atoms with van der Waals surface area (Å²) in [5, 5.41) is 0.281. The maximum atomic E-state index is 6.27. The van der Waals surface area contributed by atoms with E-state index in [4.69, 9.17) is 21.1 Å². The molecule has 2 nitrogen and oxygen atoms in total. The summed E-state index contributed by atoms with van der Waals surface area (Å²) in [6.07, 6.45) is 4.48. The molecule has 0 aromatic heterocycles. The van der Waals surface area contributed by atoms with Crippen LogP contribution in [0.3, 0.4) is 0 Å². The first-order valence-corrected chi connectivity index (χ1v) is 6.55. The van der Waals surface area contributed by atoms with Crippen molar-refractivity contribution in [2.75, 3.05) is 14.2 Å². The van der Waals surface area contributed by atoms with E-state index in [-0.39, 0.29) is 5.38 Å². The molecule has 0 spiro atoms. The number of alkyl halides is 1. The normalized spacial score (nSPS) is 24.4. The Bertz CT molecular complexity index is 356. The van der Waals surface area contributed by atoms with Crippen LogP contribution >= 0.6 is 11.6 Å². The molecule has 0 N–H and O–H groups in total. The van der Waals surface area contributed by atoms with E-state index in [1.54, 1.807) is 14.2 Å². The van der Waals surface area contributed by atoms with Crippen molar-refractivity contribution in [2.45, 2.75) is 37.0 Å². The Hall–Kier alpha value is -0.890. The predicted molar refractivity (Wildman–Crippen MR) is 70.4 cm³/mol. The number of ether oxygens (including phenoxy) is 2. The fourth-order valence-electron chi connectivity index (χ4n) is 2.67. The van der Waals surface area contributed by atoms with E-state index in [0.717, 1.165) is 24.3 Å². The maximum absolute atomic E-state index is 6.27. The van der Waals surface area contributed by atoms with Gasteiger partial charge in [-0.3, -0.25) is 0 Å². The summed E-state index contributed by atoms with van der Waals surface area (Å²) in [5.41, 5.74) is 1.18. The van der Waals surface area contributed by atoms with E-state index in [1.165, 1.54) is 18.4 Å². The first kappa shape index (κ1) is 12.6. The number of halogens is 1. The zero-order valence-electron chi connectivity index (χ0n) is 10.4. The smallest absolute Gasteiger partial charge is 0.126 e. The van der Waals surface area contributed by atoms with Gasteiger partial charge in [-0.1, -0.05) is 12.5 Å². The number of hydrogen-bond acceptors (Lipinski definition) is 2. The second kappa shape index (κ2) is 5.63. The molecule has 94 valence electrons. The lowest BCUT2D eigenvalue weighted by molar-refractivity contribution is 0.361. The van der Waals surface area contributed by atoms with Crippen LogP contribution in [0.2, 0.25) is 0 Å². The largest absolute Gasteiger partial charge is 0.496 e. The molecule has 1 fully saturated rings. The van der Waals surface area contributed by atoms with E-state index in [9.17, 15) is 0 Å². The summed E-state index contributed by atoms with van der Waals surface area (Å²) < 4.78 is 10.9. The highest BCUT2D eigenvalue weighted by Crippen LogP contribution is 2.43. The molecule has 0 saturated heterocycles. The van der Waals surface area contributed by atoms with Gasteiger partial charge in [0.05, 0.1) is 14.2 Å². The van der Waals surface area contributed by atoms with Crippen LogP contribution in [0.5, 0.6) is 11.5 Å². The molecule has 3 heteroatoms. The van der Waals surface area contributed by atoms with Crippen LogP contribution < -0.4 is 9.47 Å². The van der Waals surface area contributed by atoms with E-state index >= 15 is 0 Å². The van der Waals surface area contributed by atoms with Crippen molar-refractivity contribution in [1.82, 2.24) is 0 Å². The van der Waals surface area contributed by atoms with Crippen molar-refractivity contribution in [3.8, 4) is 11.5 Å². The summed E-state index contributed by atoms with van der Waals surface area (Å²) in [6.45, 7) is 0. The minimum Gasteiger partial charge on any atom is -0.496 e. The topological polar surface area (TPSA) is 18.5 Å². The highest BCUT2D eigenvalue weighted by Gasteiger charge is 2.26. The van der Waals surface area contributed by atoms with E-state index in [2.05, 4.69) is 0 Å². The molecule has 1 aromatic carbocycles. The van der Waals surface area contributed by atoms with Crippen LogP contribution in [0, 0.1) is 0 Å². The van der Waals surface area contributed by atoms with Gasteiger partial charge in [0.2, 0.25) is 0 Å². The molecule has 17 heavy (non-hydrogen) atoms.